The van der Waals surface area contributed by atoms with Gasteiger partial charge in [-0.15, -0.1) is 11.6 Å². The standard InChI is InChI=1S/C14H24ClN3O3/c1-9(2)5-11(16)12(19)8-18(13(20)6-15)7-10-3-4-17-14(10)21/h9-11H,3-8,16H2,1-2H3,(H,17,21)/t10-,11-/m0/s1. The highest BCUT2D eigenvalue weighted by Gasteiger charge is 2.29. The second-order valence-electron chi connectivity index (χ2n) is 5.89. The summed E-state index contributed by atoms with van der Waals surface area (Å²) in [5.41, 5.74) is 5.84. The molecule has 0 unspecified atom stereocenters. The predicted octanol–water partition coefficient (Wildman–Crippen LogP) is 0.132. The third-order valence-electron chi connectivity index (χ3n) is 3.56. The highest BCUT2D eigenvalue weighted by molar-refractivity contribution is 6.27. The van der Waals surface area contributed by atoms with Gasteiger partial charge in [0, 0.05) is 13.1 Å². The Bertz CT molecular complexity index is 401. The van der Waals surface area contributed by atoms with Crippen molar-refractivity contribution in [1.29, 1.82) is 0 Å². The van der Waals surface area contributed by atoms with Gasteiger partial charge in [-0.05, 0) is 18.8 Å². The van der Waals surface area contributed by atoms with Crippen molar-refractivity contribution in [1.82, 2.24) is 10.2 Å². The van der Waals surface area contributed by atoms with Gasteiger partial charge in [0.15, 0.2) is 5.78 Å². The van der Waals surface area contributed by atoms with E-state index < -0.39 is 6.04 Å². The smallest absolute Gasteiger partial charge is 0.237 e. The molecular formula is C14H24ClN3O3. The van der Waals surface area contributed by atoms with Crippen molar-refractivity contribution in [3.05, 3.63) is 0 Å². The molecule has 0 spiro atoms. The van der Waals surface area contributed by atoms with Crippen LogP contribution in [0.25, 0.3) is 0 Å². The summed E-state index contributed by atoms with van der Waals surface area (Å²) in [5.74, 6) is -0.794. The SMILES string of the molecule is CC(C)C[C@H](N)C(=O)CN(C[C@@H]1CCNC1=O)C(=O)CCl. The maximum absolute atomic E-state index is 12.1. The van der Waals surface area contributed by atoms with E-state index >= 15 is 0 Å². The number of carbonyl (C=O) groups excluding carboxylic acids is 3. The van der Waals surface area contributed by atoms with Gasteiger partial charge in [0.1, 0.15) is 5.88 Å². The zero-order valence-electron chi connectivity index (χ0n) is 12.6. The monoisotopic (exact) mass is 317 g/mol. The Morgan fingerprint density at radius 3 is 2.62 bits per heavy atom. The first-order valence-electron chi connectivity index (χ1n) is 7.24. The molecule has 0 aliphatic carbocycles. The van der Waals surface area contributed by atoms with Crippen molar-refractivity contribution in [2.45, 2.75) is 32.7 Å². The molecule has 0 saturated carbocycles. The number of halogens is 1. The van der Waals surface area contributed by atoms with Crippen molar-refractivity contribution in [2.24, 2.45) is 17.6 Å². The minimum Gasteiger partial charge on any atom is -0.356 e. The number of rotatable bonds is 8. The fourth-order valence-electron chi connectivity index (χ4n) is 2.37. The van der Waals surface area contributed by atoms with E-state index in [1.54, 1.807) is 0 Å². The fraction of sp³-hybridized carbons (Fsp3) is 0.786. The lowest BCUT2D eigenvalue weighted by Gasteiger charge is -2.25. The molecule has 2 atom stereocenters. The Hall–Kier alpha value is -1.14. The number of amides is 2. The zero-order chi connectivity index (χ0) is 16.0. The summed E-state index contributed by atoms with van der Waals surface area (Å²) in [7, 11) is 0. The number of alkyl halides is 1. The van der Waals surface area contributed by atoms with E-state index in [1.165, 1.54) is 4.90 Å². The lowest BCUT2D eigenvalue weighted by atomic mass is 10.0. The van der Waals surface area contributed by atoms with Gasteiger partial charge in [0.25, 0.3) is 0 Å². The average Bonchev–Trinajstić information content (AvgIpc) is 2.81. The molecule has 6 nitrogen and oxygen atoms in total. The van der Waals surface area contributed by atoms with Gasteiger partial charge >= 0.3 is 0 Å². The number of nitrogens with one attached hydrogen (secondary N) is 1. The van der Waals surface area contributed by atoms with Crippen molar-refractivity contribution in [3.8, 4) is 0 Å². The first kappa shape index (κ1) is 17.9. The number of nitrogens with two attached hydrogens (primary N) is 1. The highest BCUT2D eigenvalue weighted by atomic mass is 35.5. The molecule has 1 fully saturated rings. The molecule has 1 aliphatic rings. The van der Waals surface area contributed by atoms with E-state index in [-0.39, 0.29) is 42.5 Å². The molecule has 7 heteroatoms. The number of hydrogen-bond acceptors (Lipinski definition) is 4. The number of carbonyl (C=O) groups is 3. The highest BCUT2D eigenvalue weighted by Crippen LogP contribution is 2.13. The molecule has 1 rings (SSSR count). The van der Waals surface area contributed by atoms with E-state index in [2.05, 4.69) is 5.32 Å². The second-order valence-corrected chi connectivity index (χ2v) is 6.15. The molecule has 3 N–H and O–H groups in total. The van der Waals surface area contributed by atoms with Gasteiger partial charge in [-0.3, -0.25) is 14.4 Å². The Labute approximate surface area is 130 Å². The van der Waals surface area contributed by atoms with E-state index in [0.717, 1.165) is 0 Å². The number of nitrogens with zero attached hydrogens (tertiary/aromatic N) is 1. The van der Waals surface area contributed by atoms with E-state index in [4.69, 9.17) is 17.3 Å². The molecule has 1 saturated heterocycles. The number of hydrogen-bond donors (Lipinski definition) is 2. The normalized spacial score (nSPS) is 19.5. The van der Waals surface area contributed by atoms with Crippen LogP contribution < -0.4 is 11.1 Å². The van der Waals surface area contributed by atoms with Gasteiger partial charge in [-0.2, -0.15) is 0 Å². The third-order valence-corrected chi connectivity index (χ3v) is 3.78. The van der Waals surface area contributed by atoms with Crippen LogP contribution in [0, 0.1) is 11.8 Å². The van der Waals surface area contributed by atoms with Crippen LogP contribution in [0.3, 0.4) is 0 Å². The van der Waals surface area contributed by atoms with E-state index in [0.29, 0.717) is 25.3 Å². The summed E-state index contributed by atoms with van der Waals surface area (Å²) < 4.78 is 0. The number of ketones is 1. The molecule has 2 amide bonds. The Morgan fingerprint density at radius 2 is 2.14 bits per heavy atom. The zero-order valence-corrected chi connectivity index (χ0v) is 13.4. The van der Waals surface area contributed by atoms with Gasteiger partial charge in [-0.25, -0.2) is 0 Å². The van der Waals surface area contributed by atoms with Crippen molar-refractivity contribution in [3.63, 3.8) is 0 Å². The van der Waals surface area contributed by atoms with Crippen molar-refractivity contribution in [2.75, 3.05) is 25.5 Å². The van der Waals surface area contributed by atoms with Gasteiger partial charge < -0.3 is 16.0 Å². The lowest BCUT2D eigenvalue weighted by Crippen LogP contribution is -2.46. The molecular weight excluding hydrogens is 294 g/mol. The minimum atomic E-state index is -0.590. The molecule has 0 aromatic rings. The summed E-state index contributed by atoms with van der Waals surface area (Å²) >= 11 is 5.58. The van der Waals surface area contributed by atoms with Crippen LogP contribution in [0.1, 0.15) is 26.7 Å². The first-order valence-corrected chi connectivity index (χ1v) is 7.78. The van der Waals surface area contributed by atoms with Crippen LogP contribution in [0.5, 0.6) is 0 Å². The quantitative estimate of drug-likeness (QED) is 0.622. The predicted molar refractivity (Wildman–Crippen MR) is 80.9 cm³/mol. The molecule has 120 valence electrons. The van der Waals surface area contributed by atoms with E-state index in [9.17, 15) is 14.4 Å². The third kappa shape index (κ3) is 5.63. The lowest BCUT2D eigenvalue weighted by molar-refractivity contribution is -0.135. The Morgan fingerprint density at radius 1 is 1.48 bits per heavy atom. The van der Waals surface area contributed by atoms with E-state index in [1.807, 2.05) is 13.8 Å². The maximum atomic E-state index is 12.1. The van der Waals surface area contributed by atoms with Crippen molar-refractivity contribution >= 4 is 29.2 Å². The van der Waals surface area contributed by atoms with Crippen LogP contribution in [0.2, 0.25) is 0 Å². The minimum absolute atomic E-state index is 0.0801. The Balaban J connectivity index is 2.63. The van der Waals surface area contributed by atoms with Crippen LogP contribution in [0.4, 0.5) is 0 Å². The second kappa shape index (κ2) is 8.34. The topological polar surface area (TPSA) is 92.5 Å². The van der Waals surface area contributed by atoms with Crippen LogP contribution >= 0.6 is 11.6 Å². The Kier molecular flexibility index (Phi) is 7.11. The van der Waals surface area contributed by atoms with Gasteiger partial charge in [-0.1, -0.05) is 13.8 Å². The van der Waals surface area contributed by atoms with Crippen molar-refractivity contribution < 1.29 is 14.4 Å². The van der Waals surface area contributed by atoms with Crippen LogP contribution in [-0.2, 0) is 14.4 Å². The van der Waals surface area contributed by atoms with Crippen LogP contribution in [-0.4, -0.2) is 54.1 Å². The molecule has 0 aromatic heterocycles. The molecule has 1 aliphatic heterocycles. The molecule has 0 aromatic carbocycles. The summed E-state index contributed by atoms with van der Waals surface area (Å²) in [5, 5.41) is 2.71. The molecule has 21 heavy (non-hydrogen) atoms. The molecule has 0 bridgehead atoms. The molecule has 1 heterocycles. The average molecular weight is 318 g/mol. The summed E-state index contributed by atoms with van der Waals surface area (Å²) in [4.78, 5) is 36.9. The largest absolute Gasteiger partial charge is 0.356 e. The summed E-state index contributed by atoms with van der Waals surface area (Å²) in [6.07, 6.45) is 1.24. The summed E-state index contributed by atoms with van der Waals surface area (Å²) in [6, 6.07) is -0.590. The maximum Gasteiger partial charge on any atom is 0.237 e. The first-order chi connectivity index (χ1) is 9.85. The summed E-state index contributed by atoms with van der Waals surface area (Å²) in [6.45, 7) is 4.71. The number of Topliss-reactive ketones (excluding diaryl/α,β-unsaturated/α-hetero) is 1. The van der Waals surface area contributed by atoms with Gasteiger partial charge in [0.05, 0.1) is 18.5 Å². The fourth-order valence-corrected chi connectivity index (χ4v) is 2.54. The molecule has 0 radical (unpaired) electrons. The van der Waals surface area contributed by atoms with Crippen LogP contribution in [0.15, 0.2) is 0 Å². The van der Waals surface area contributed by atoms with Gasteiger partial charge in [0.2, 0.25) is 11.8 Å².